The van der Waals surface area contributed by atoms with Gasteiger partial charge in [0.25, 0.3) is 0 Å². The lowest BCUT2D eigenvalue weighted by Gasteiger charge is -2.14. The molecule has 4 rings (SSSR count). The highest BCUT2D eigenvalue weighted by molar-refractivity contribution is 5.84. The third-order valence-electron chi connectivity index (χ3n) is 5.03. The second kappa shape index (κ2) is 9.52. The number of aliphatic carboxylic acids is 1. The highest BCUT2D eigenvalue weighted by Crippen LogP contribution is 2.27. The lowest BCUT2D eigenvalue weighted by atomic mass is 10.0. The second-order valence-electron chi connectivity index (χ2n) is 7.41. The number of furan rings is 1. The van der Waals surface area contributed by atoms with Crippen molar-refractivity contribution in [2.24, 2.45) is 0 Å². The zero-order valence-corrected chi connectivity index (χ0v) is 17.3. The van der Waals surface area contributed by atoms with Gasteiger partial charge in [-0.2, -0.15) is 0 Å². The number of benzene rings is 3. The number of nitrogens with one attached hydrogen (secondary N) is 1. The van der Waals surface area contributed by atoms with Crippen molar-refractivity contribution in [2.45, 2.75) is 19.1 Å². The maximum atomic E-state index is 13.1. The van der Waals surface area contributed by atoms with Crippen LogP contribution in [0.4, 0.5) is 13.6 Å². The number of hydrogen-bond acceptors (Lipinski definition) is 4. The van der Waals surface area contributed by atoms with E-state index in [1.54, 1.807) is 24.3 Å². The van der Waals surface area contributed by atoms with Crippen LogP contribution in [-0.4, -0.2) is 23.2 Å². The molecular weight excluding hydrogens is 432 g/mol. The minimum atomic E-state index is -1.24. The molecule has 0 aliphatic heterocycles. The van der Waals surface area contributed by atoms with Crippen molar-refractivity contribution in [3.05, 3.63) is 95.8 Å². The number of halogens is 2. The Hall–Kier alpha value is -4.20. The van der Waals surface area contributed by atoms with E-state index in [1.165, 1.54) is 36.4 Å². The summed E-state index contributed by atoms with van der Waals surface area (Å²) in [5, 5.41) is 12.4. The largest absolute Gasteiger partial charge is 0.480 e. The maximum Gasteiger partial charge on any atom is 0.408 e. The average Bonchev–Trinajstić information content (AvgIpc) is 3.21. The SMILES string of the molecule is O=C(N[C@H](Cc1ccc(F)cc1)C(=O)O)OCc1cc2cc(-c3ccc(F)cc3)ccc2o1. The maximum absolute atomic E-state index is 13.1. The van der Waals surface area contributed by atoms with Gasteiger partial charge in [-0.05, 0) is 59.2 Å². The first-order valence-corrected chi connectivity index (χ1v) is 10.1. The number of carboxylic acids is 1. The van der Waals surface area contributed by atoms with E-state index in [0.717, 1.165) is 16.5 Å². The summed E-state index contributed by atoms with van der Waals surface area (Å²) in [6, 6.07) is 17.4. The van der Waals surface area contributed by atoms with Crippen LogP contribution in [0.1, 0.15) is 11.3 Å². The van der Waals surface area contributed by atoms with Gasteiger partial charge < -0.3 is 19.6 Å². The van der Waals surface area contributed by atoms with Crippen LogP contribution in [0.5, 0.6) is 0 Å². The van der Waals surface area contributed by atoms with Gasteiger partial charge in [0.1, 0.15) is 29.0 Å². The van der Waals surface area contributed by atoms with Gasteiger partial charge in [0.2, 0.25) is 0 Å². The van der Waals surface area contributed by atoms with Crippen molar-refractivity contribution in [3.63, 3.8) is 0 Å². The second-order valence-corrected chi connectivity index (χ2v) is 7.41. The van der Waals surface area contributed by atoms with Gasteiger partial charge in [0.15, 0.2) is 6.61 Å². The minimum Gasteiger partial charge on any atom is -0.480 e. The third kappa shape index (κ3) is 5.54. The van der Waals surface area contributed by atoms with E-state index in [2.05, 4.69) is 5.32 Å². The van der Waals surface area contributed by atoms with Gasteiger partial charge in [-0.3, -0.25) is 0 Å². The van der Waals surface area contributed by atoms with Crippen LogP contribution in [0, 0.1) is 11.6 Å². The van der Waals surface area contributed by atoms with Crippen LogP contribution in [0.25, 0.3) is 22.1 Å². The Kier molecular flexibility index (Phi) is 6.35. The first-order valence-electron chi connectivity index (χ1n) is 10.1. The summed E-state index contributed by atoms with van der Waals surface area (Å²) in [6.07, 6.45) is -0.946. The van der Waals surface area contributed by atoms with Gasteiger partial charge in [0, 0.05) is 11.8 Å². The smallest absolute Gasteiger partial charge is 0.408 e. The van der Waals surface area contributed by atoms with Crippen LogP contribution in [-0.2, 0) is 22.6 Å². The molecule has 0 radical (unpaired) electrons. The molecule has 0 unspecified atom stereocenters. The Labute approximate surface area is 187 Å². The van der Waals surface area contributed by atoms with Crippen molar-refractivity contribution in [2.75, 3.05) is 0 Å². The van der Waals surface area contributed by atoms with Gasteiger partial charge in [-0.15, -0.1) is 0 Å². The molecular formula is C25H19F2NO5. The minimum absolute atomic E-state index is 0.0263. The Morgan fingerprint density at radius 3 is 2.21 bits per heavy atom. The van der Waals surface area contributed by atoms with Crippen molar-refractivity contribution in [3.8, 4) is 11.1 Å². The number of ether oxygens (including phenoxy) is 1. The van der Waals surface area contributed by atoms with E-state index in [4.69, 9.17) is 9.15 Å². The van der Waals surface area contributed by atoms with Crippen LogP contribution >= 0.6 is 0 Å². The van der Waals surface area contributed by atoms with E-state index in [0.29, 0.717) is 16.9 Å². The predicted molar refractivity (Wildman–Crippen MR) is 116 cm³/mol. The molecule has 0 saturated carbocycles. The van der Waals surface area contributed by atoms with Crippen molar-refractivity contribution < 1.29 is 32.6 Å². The Bertz CT molecular complexity index is 1280. The normalized spacial score (nSPS) is 11.8. The summed E-state index contributed by atoms with van der Waals surface area (Å²) in [7, 11) is 0. The Morgan fingerprint density at radius 2 is 1.55 bits per heavy atom. The number of hydrogen-bond donors (Lipinski definition) is 2. The summed E-state index contributed by atoms with van der Waals surface area (Å²) in [5.41, 5.74) is 2.86. The Morgan fingerprint density at radius 1 is 0.909 bits per heavy atom. The predicted octanol–water partition coefficient (Wildman–Crippen LogP) is 5.30. The third-order valence-corrected chi connectivity index (χ3v) is 5.03. The van der Waals surface area contributed by atoms with E-state index >= 15 is 0 Å². The molecule has 0 fully saturated rings. The molecule has 1 aromatic heterocycles. The standard InChI is InChI=1S/C25H19F2NO5/c26-19-6-1-15(2-7-19)11-22(24(29)30)28-25(31)32-14-21-13-18-12-17(5-10-23(18)33-21)16-3-8-20(27)9-4-16/h1-10,12-13,22H,11,14H2,(H,28,31)(H,29,30)/t22-/m1/s1. The number of fused-ring (bicyclic) bond motifs is 1. The summed E-state index contributed by atoms with van der Waals surface area (Å²) in [6.45, 7) is -0.199. The fraction of sp³-hybridized carbons (Fsp3) is 0.120. The molecule has 0 aliphatic carbocycles. The van der Waals surface area contributed by atoms with Gasteiger partial charge >= 0.3 is 12.1 Å². The molecule has 8 heteroatoms. The molecule has 0 saturated heterocycles. The molecule has 168 valence electrons. The number of alkyl carbamates (subject to hydrolysis) is 1. The van der Waals surface area contributed by atoms with E-state index in [9.17, 15) is 23.5 Å². The number of rotatable bonds is 7. The molecule has 1 heterocycles. The van der Waals surface area contributed by atoms with Crippen LogP contribution in [0.15, 0.2) is 77.2 Å². The van der Waals surface area contributed by atoms with E-state index in [1.807, 2.05) is 12.1 Å². The van der Waals surface area contributed by atoms with Gasteiger partial charge in [-0.1, -0.05) is 30.3 Å². The summed E-state index contributed by atoms with van der Waals surface area (Å²) >= 11 is 0. The Balaban J connectivity index is 1.38. The number of carbonyl (C=O) groups is 2. The lowest BCUT2D eigenvalue weighted by Crippen LogP contribution is -2.42. The zero-order chi connectivity index (χ0) is 23.4. The van der Waals surface area contributed by atoms with E-state index in [-0.39, 0.29) is 18.8 Å². The summed E-state index contributed by atoms with van der Waals surface area (Å²) in [4.78, 5) is 23.6. The number of amides is 1. The topological polar surface area (TPSA) is 88.8 Å². The molecule has 2 N–H and O–H groups in total. The molecule has 1 atom stereocenters. The van der Waals surface area contributed by atoms with E-state index < -0.39 is 23.9 Å². The molecule has 0 spiro atoms. The molecule has 4 aromatic rings. The molecule has 6 nitrogen and oxygen atoms in total. The van der Waals surface area contributed by atoms with Crippen LogP contribution in [0.3, 0.4) is 0 Å². The van der Waals surface area contributed by atoms with Crippen LogP contribution in [0.2, 0.25) is 0 Å². The summed E-state index contributed by atoms with van der Waals surface area (Å²) < 4.78 is 37.0. The molecule has 1 amide bonds. The summed E-state index contributed by atoms with van der Waals surface area (Å²) in [5.74, 6) is -1.62. The van der Waals surface area contributed by atoms with Gasteiger partial charge in [-0.25, -0.2) is 18.4 Å². The average molecular weight is 451 g/mol. The fourth-order valence-electron chi connectivity index (χ4n) is 3.37. The fourth-order valence-corrected chi connectivity index (χ4v) is 3.37. The quantitative estimate of drug-likeness (QED) is 0.398. The molecule has 33 heavy (non-hydrogen) atoms. The first-order chi connectivity index (χ1) is 15.9. The van der Waals surface area contributed by atoms with Crippen molar-refractivity contribution in [1.29, 1.82) is 0 Å². The monoisotopic (exact) mass is 451 g/mol. The van der Waals surface area contributed by atoms with Crippen molar-refractivity contribution in [1.82, 2.24) is 5.32 Å². The van der Waals surface area contributed by atoms with Crippen molar-refractivity contribution >= 4 is 23.0 Å². The van der Waals surface area contributed by atoms with Gasteiger partial charge in [0.05, 0.1) is 0 Å². The molecule has 3 aromatic carbocycles. The highest BCUT2D eigenvalue weighted by Gasteiger charge is 2.21. The van der Waals surface area contributed by atoms with Crippen LogP contribution < -0.4 is 5.32 Å². The molecule has 0 aliphatic rings. The first kappa shape index (κ1) is 22.0. The zero-order valence-electron chi connectivity index (χ0n) is 17.3. The number of carboxylic acid groups (broad SMARTS) is 1. The number of carbonyl (C=O) groups excluding carboxylic acids is 1. The lowest BCUT2D eigenvalue weighted by molar-refractivity contribution is -0.139. The highest BCUT2D eigenvalue weighted by atomic mass is 19.1. The molecule has 0 bridgehead atoms.